The lowest BCUT2D eigenvalue weighted by Gasteiger charge is -2.62. The van der Waals surface area contributed by atoms with Crippen LogP contribution in [0, 0.1) is 29.0 Å². The minimum absolute atomic E-state index is 0.0502. The van der Waals surface area contributed by atoms with Gasteiger partial charge in [-0.3, -0.25) is 4.79 Å². The molecule has 1 amide bonds. The Morgan fingerprint density at radius 3 is 2.47 bits per heavy atom. The monoisotopic (exact) mass is 460 g/mol. The number of carbonyl (C=O) groups is 1. The van der Waals surface area contributed by atoms with Gasteiger partial charge < -0.3 is 10.2 Å². The second-order valence-corrected chi connectivity index (χ2v) is 12.0. The largest absolute Gasteiger partial charge is 0.326 e. The zero-order valence-corrected chi connectivity index (χ0v) is 18.8. The van der Waals surface area contributed by atoms with Gasteiger partial charge >= 0.3 is 0 Å². The smallest absolute Gasteiger partial charge is 0.241 e. The maximum atomic E-state index is 13.3. The summed E-state index contributed by atoms with van der Waals surface area (Å²) < 4.78 is 42.5. The summed E-state index contributed by atoms with van der Waals surface area (Å²) in [5.41, 5.74) is -0.816. The summed E-state index contributed by atoms with van der Waals surface area (Å²) in [6.07, 6.45) is 6.80. The number of halogens is 1. The first-order valence-electron chi connectivity index (χ1n) is 11.5. The Hall–Kier alpha value is -2.02. The van der Waals surface area contributed by atoms with Gasteiger partial charge in [-0.15, -0.1) is 0 Å². The fourth-order valence-electron chi connectivity index (χ4n) is 7.11. The third-order valence-electron chi connectivity index (χ3n) is 7.87. The summed E-state index contributed by atoms with van der Waals surface area (Å²) >= 11 is 0. The number of amides is 1. The van der Waals surface area contributed by atoms with Crippen LogP contribution in [-0.2, 0) is 14.8 Å². The highest BCUT2D eigenvalue weighted by molar-refractivity contribution is 7.89. The quantitative estimate of drug-likeness (QED) is 0.678. The minimum atomic E-state index is -3.78. The van der Waals surface area contributed by atoms with Gasteiger partial charge in [-0.25, -0.2) is 17.5 Å². The summed E-state index contributed by atoms with van der Waals surface area (Å²) in [5.74, 6) is 0.302. The maximum Gasteiger partial charge on any atom is 0.241 e. The van der Waals surface area contributed by atoms with Gasteiger partial charge in [-0.2, -0.15) is 5.26 Å². The average Bonchev–Trinajstić information content (AvgIpc) is 3.19. The van der Waals surface area contributed by atoms with Crippen molar-refractivity contribution in [1.82, 2.24) is 14.9 Å². The molecule has 1 heterocycles. The van der Waals surface area contributed by atoms with Crippen molar-refractivity contribution in [3.05, 3.63) is 30.1 Å². The number of rotatable bonds is 6. The first-order valence-corrected chi connectivity index (χ1v) is 12.9. The summed E-state index contributed by atoms with van der Waals surface area (Å²) in [7, 11) is -3.78. The molecule has 0 radical (unpaired) electrons. The number of nitrogens with zero attached hydrogens (tertiary/aromatic N) is 2. The van der Waals surface area contributed by atoms with Gasteiger partial charge in [-0.1, -0.05) is 0 Å². The molecule has 32 heavy (non-hydrogen) atoms. The summed E-state index contributed by atoms with van der Waals surface area (Å²) in [4.78, 5) is 14.5. The van der Waals surface area contributed by atoms with E-state index in [1.165, 1.54) is 12.1 Å². The van der Waals surface area contributed by atoms with Crippen LogP contribution >= 0.6 is 0 Å². The van der Waals surface area contributed by atoms with Crippen molar-refractivity contribution >= 4 is 15.9 Å². The van der Waals surface area contributed by atoms with Crippen LogP contribution < -0.4 is 10.0 Å². The molecule has 4 aliphatic carbocycles. The van der Waals surface area contributed by atoms with Crippen molar-refractivity contribution in [1.29, 1.82) is 5.26 Å². The zero-order chi connectivity index (χ0) is 22.6. The average molecular weight is 461 g/mol. The Morgan fingerprint density at radius 1 is 1.16 bits per heavy atom. The molecule has 1 saturated heterocycles. The SMILES string of the molecule is N#C[C@@H]1CCCN1C(=O)CNC12CC3CC(C1)CC(NS(=O)(=O)c1ccc(F)cc1)(C3)C2. The van der Waals surface area contributed by atoms with Gasteiger partial charge in [0.1, 0.15) is 11.9 Å². The van der Waals surface area contributed by atoms with E-state index < -0.39 is 21.4 Å². The van der Waals surface area contributed by atoms with Crippen molar-refractivity contribution in [2.75, 3.05) is 13.1 Å². The second-order valence-electron chi connectivity index (χ2n) is 10.3. The van der Waals surface area contributed by atoms with E-state index in [-0.39, 0.29) is 28.9 Å². The number of likely N-dealkylation sites (tertiary alicyclic amines) is 1. The molecule has 2 unspecified atom stereocenters. The molecule has 3 atom stereocenters. The lowest BCUT2D eigenvalue weighted by atomic mass is 9.50. The standard InChI is InChI=1S/C23H29FN4O3S/c24-18-3-5-20(6-4-18)32(30,31)27-23-11-16-8-17(12-23)10-22(9-16,15-23)26-14-21(29)28-7-1-2-19(28)13-25/h3-6,16-17,19,26-27H,1-2,7-12,14-15H2/t16?,17?,19-,22?,23?/m0/s1. The van der Waals surface area contributed by atoms with Gasteiger partial charge in [-0.05, 0) is 87.5 Å². The third kappa shape index (κ3) is 3.93. The number of nitriles is 1. The molecular formula is C23H29FN4O3S. The minimum Gasteiger partial charge on any atom is -0.326 e. The first-order chi connectivity index (χ1) is 15.2. The summed E-state index contributed by atoms with van der Waals surface area (Å²) in [6.45, 7) is 0.802. The Kier molecular flexibility index (Phi) is 5.31. The molecule has 5 aliphatic rings. The lowest BCUT2D eigenvalue weighted by Crippen LogP contribution is -2.69. The molecule has 0 spiro atoms. The van der Waals surface area contributed by atoms with E-state index in [0.717, 1.165) is 57.1 Å². The van der Waals surface area contributed by atoms with E-state index in [4.69, 9.17) is 0 Å². The fourth-order valence-corrected chi connectivity index (χ4v) is 8.53. The van der Waals surface area contributed by atoms with Gasteiger partial charge in [0.15, 0.2) is 0 Å². The Balaban J connectivity index is 1.32. The van der Waals surface area contributed by atoms with E-state index in [2.05, 4.69) is 16.1 Å². The van der Waals surface area contributed by atoms with Crippen molar-refractivity contribution in [3.8, 4) is 6.07 Å². The van der Waals surface area contributed by atoms with Crippen LogP contribution in [0.3, 0.4) is 0 Å². The van der Waals surface area contributed by atoms with Crippen LogP contribution in [-0.4, -0.2) is 49.4 Å². The predicted octanol–water partition coefficient (Wildman–Crippen LogP) is 2.30. The number of hydrogen-bond acceptors (Lipinski definition) is 5. The molecule has 4 bridgehead atoms. The van der Waals surface area contributed by atoms with Crippen LogP contribution in [0.1, 0.15) is 51.4 Å². The molecule has 172 valence electrons. The fraction of sp³-hybridized carbons (Fsp3) is 0.652. The molecule has 9 heteroatoms. The highest BCUT2D eigenvalue weighted by Crippen LogP contribution is 2.57. The van der Waals surface area contributed by atoms with Crippen molar-refractivity contribution < 1.29 is 17.6 Å². The van der Waals surface area contributed by atoms with E-state index in [1.807, 2.05) is 0 Å². The third-order valence-corrected chi connectivity index (χ3v) is 9.47. The van der Waals surface area contributed by atoms with Gasteiger partial charge in [0.05, 0.1) is 17.5 Å². The molecule has 1 aromatic rings. The Labute approximate surface area is 188 Å². The van der Waals surface area contributed by atoms with Crippen LogP contribution in [0.5, 0.6) is 0 Å². The molecule has 6 rings (SSSR count). The van der Waals surface area contributed by atoms with Gasteiger partial charge in [0.2, 0.25) is 15.9 Å². The van der Waals surface area contributed by atoms with E-state index in [0.29, 0.717) is 24.8 Å². The molecule has 1 aliphatic heterocycles. The second kappa shape index (κ2) is 7.79. The molecule has 1 aromatic carbocycles. The van der Waals surface area contributed by atoms with E-state index in [1.54, 1.807) is 4.90 Å². The van der Waals surface area contributed by atoms with Gasteiger partial charge in [0.25, 0.3) is 0 Å². The number of nitrogens with one attached hydrogen (secondary N) is 2. The number of benzene rings is 1. The molecule has 2 N–H and O–H groups in total. The maximum absolute atomic E-state index is 13.3. The topological polar surface area (TPSA) is 102 Å². The highest BCUT2D eigenvalue weighted by atomic mass is 32.2. The summed E-state index contributed by atoms with van der Waals surface area (Å²) in [6, 6.07) is 6.80. The number of carbonyl (C=O) groups excluding carboxylic acids is 1. The molecule has 7 nitrogen and oxygen atoms in total. The Morgan fingerprint density at radius 2 is 1.81 bits per heavy atom. The molecular weight excluding hydrogens is 431 g/mol. The lowest BCUT2D eigenvalue weighted by molar-refractivity contribution is -0.131. The normalized spacial score (nSPS) is 35.8. The van der Waals surface area contributed by atoms with Crippen LogP contribution in [0.2, 0.25) is 0 Å². The number of hydrogen-bond donors (Lipinski definition) is 2. The van der Waals surface area contributed by atoms with E-state index >= 15 is 0 Å². The Bertz CT molecular complexity index is 1040. The zero-order valence-electron chi connectivity index (χ0n) is 18.0. The van der Waals surface area contributed by atoms with Crippen LogP contribution in [0.25, 0.3) is 0 Å². The first kappa shape index (κ1) is 21.8. The summed E-state index contributed by atoms with van der Waals surface area (Å²) in [5, 5.41) is 12.8. The van der Waals surface area contributed by atoms with Gasteiger partial charge in [0, 0.05) is 17.6 Å². The predicted molar refractivity (Wildman–Crippen MR) is 115 cm³/mol. The molecule has 0 aromatic heterocycles. The highest BCUT2D eigenvalue weighted by Gasteiger charge is 2.58. The van der Waals surface area contributed by atoms with E-state index in [9.17, 15) is 22.9 Å². The molecule has 5 fully saturated rings. The van der Waals surface area contributed by atoms with Crippen molar-refractivity contribution in [3.63, 3.8) is 0 Å². The van der Waals surface area contributed by atoms with Crippen LogP contribution in [0.4, 0.5) is 4.39 Å². The van der Waals surface area contributed by atoms with Crippen LogP contribution in [0.15, 0.2) is 29.2 Å². The molecule has 4 saturated carbocycles. The van der Waals surface area contributed by atoms with Crippen molar-refractivity contribution in [2.24, 2.45) is 11.8 Å². The number of sulfonamides is 1. The van der Waals surface area contributed by atoms with Crippen molar-refractivity contribution in [2.45, 2.75) is 73.4 Å².